The summed E-state index contributed by atoms with van der Waals surface area (Å²) in [5, 5.41) is 11.8. The maximum atomic E-state index is 8.69. The van der Waals surface area contributed by atoms with E-state index in [1.807, 2.05) is 0 Å². The Bertz CT molecular complexity index is 231. The second kappa shape index (κ2) is 8.34. The topological polar surface area (TPSA) is 61.8 Å². The number of unbranched alkanes of at least 4 members (excludes halogenated alkanes) is 4. The van der Waals surface area contributed by atoms with Gasteiger partial charge in [0.1, 0.15) is 5.84 Å². The van der Waals surface area contributed by atoms with Crippen LogP contribution in [0.15, 0.2) is 5.16 Å². The van der Waals surface area contributed by atoms with Crippen LogP contribution in [0.3, 0.4) is 0 Å². The van der Waals surface area contributed by atoms with Crippen molar-refractivity contribution in [1.29, 1.82) is 0 Å². The summed E-state index contributed by atoms with van der Waals surface area (Å²) in [7, 11) is 0. The van der Waals surface area contributed by atoms with E-state index < -0.39 is 0 Å². The molecule has 0 radical (unpaired) electrons. The zero-order valence-corrected chi connectivity index (χ0v) is 11.1. The molecular weight excluding hydrogens is 214 g/mol. The molecule has 1 aliphatic rings. The molecule has 0 bridgehead atoms. The van der Waals surface area contributed by atoms with Gasteiger partial charge in [-0.1, -0.05) is 37.8 Å². The predicted molar refractivity (Wildman–Crippen MR) is 71.3 cm³/mol. The van der Waals surface area contributed by atoms with Crippen molar-refractivity contribution in [2.45, 2.75) is 51.9 Å². The second-order valence-corrected chi connectivity index (χ2v) is 5.08. The third-order valence-electron chi connectivity index (χ3n) is 3.62. The van der Waals surface area contributed by atoms with Gasteiger partial charge in [0, 0.05) is 12.5 Å². The van der Waals surface area contributed by atoms with E-state index in [2.05, 4.69) is 17.0 Å². The number of amidine groups is 1. The summed E-state index contributed by atoms with van der Waals surface area (Å²) in [6.07, 6.45) is 8.84. The molecule has 0 aromatic carbocycles. The molecule has 1 saturated heterocycles. The molecule has 0 spiro atoms. The fourth-order valence-corrected chi connectivity index (χ4v) is 2.52. The van der Waals surface area contributed by atoms with E-state index in [1.54, 1.807) is 0 Å². The molecule has 1 atom stereocenters. The molecule has 0 amide bonds. The highest BCUT2D eigenvalue weighted by molar-refractivity contribution is 5.82. The summed E-state index contributed by atoms with van der Waals surface area (Å²) in [6, 6.07) is 0. The minimum atomic E-state index is 0.254. The number of nitrogens with zero attached hydrogens (tertiary/aromatic N) is 2. The van der Waals surface area contributed by atoms with E-state index in [0.29, 0.717) is 5.84 Å². The Kier molecular flexibility index (Phi) is 7.01. The van der Waals surface area contributed by atoms with Crippen molar-refractivity contribution in [2.75, 3.05) is 19.6 Å². The zero-order valence-electron chi connectivity index (χ0n) is 11.1. The average Bonchev–Trinajstić information content (AvgIpc) is 2.38. The van der Waals surface area contributed by atoms with E-state index in [-0.39, 0.29) is 5.92 Å². The van der Waals surface area contributed by atoms with Gasteiger partial charge in [-0.05, 0) is 32.4 Å². The Morgan fingerprint density at radius 2 is 2.12 bits per heavy atom. The number of hydrogen-bond acceptors (Lipinski definition) is 3. The average molecular weight is 241 g/mol. The van der Waals surface area contributed by atoms with Gasteiger partial charge in [0.05, 0.1) is 0 Å². The fourth-order valence-electron chi connectivity index (χ4n) is 2.52. The summed E-state index contributed by atoms with van der Waals surface area (Å²) >= 11 is 0. The standard InChI is InChI=1S/C13H27N3O/c1-2-3-4-5-6-9-16-10-7-8-12(11-16)13(14)15-17/h12,17H,2-11H2,1H3,(H2,14,15). The van der Waals surface area contributed by atoms with Crippen LogP contribution in [-0.2, 0) is 0 Å². The summed E-state index contributed by atoms with van der Waals surface area (Å²) in [5.41, 5.74) is 5.68. The smallest absolute Gasteiger partial charge is 0.143 e. The lowest BCUT2D eigenvalue weighted by atomic mass is 9.97. The van der Waals surface area contributed by atoms with Gasteiger partial charge in [-0.15, -0.1) is 0 Å². The van der Waals surface area contributed by atoms with Crippen molar-refractivity contribution in [3.63, 3.8) is 0 Å². The zero-order chi connectivity index (χ0) is 12.5. The maximum Gasteiger partial charge on any atom is 0.143 e. The molecule has 1 unspecified atom stereocenters. The van der Waals surface area contributed by atoms with Gasteiger partial charge in [0.2, 0.25) is 0 Å². The lowest BCUT2D eigenvalue weighted by Crippen LogP contribution is -2.41. The highest BCUT2D eigenvalue weighted by Gasteiger charge is 2.22. The predicted octanol–water partition coefficient (Wildman–Crippen LogP) is 2.42. The van der Waals surface area contributed by atoms with Crippen LogP contribution < -0.4 is 5.73 Å². The van der Waals surface area contributed by atoms with Crippen LogP contribution in [-0.4, -0.2) is 35.6 Å². The van der Waals surface area contributed by atoms with Crippen molar-refractivity contribution in [2.24, 2.45) is 16.8 Å². The van der Waals surface area contributed by atoms with E-state index in [9.17, 15) is 0 Å². The number of nitrogens with two attached hydrogens (primary N) is 1. The molecule has 0 aromatic rings. The first-order valence-electron chi connectivity index (χ1n) is 6.97. The van der Waals surface area contributed by atoms with Gasteiger partial charge in [-0.25, -0.2) is 0 Å². The Morgan fingerprint density at radius 1 is 1.35 bits per heavy atom. The minimum Gasteiger partial charge on any atom is -0.409 e. The molecule has 0 aliphatic carbocycles. The number of oxime groups is 1. The van der Waals surface area contributed by atoms with Crippen LogP contribution in [0.5, 0.6) is 0 Å². The molecule has 0 aromatic heterocycles. The summed E-state index contributed by atoms with van der Waals surface area (Å²) in [5.74, 6) is 0.657. The molecule has 1 rings (SSSR count). The van der Waals surface area contributed by atoms with Crippen LogP contribution in [0.25, 0.3) is 0 Å². The largest absolute Gasteiger partial charge is 0.409 e. The Morgan fingerprint density at radius 3 is 2.82 bits per heavy atom. The molecule has 3 N–H and O–H groups in total. The molecule has 1 heterocycles. The number of piperidine rings is 1. The molecule has 4 heteroatoms. The molecule has 4 nitrogen and oxygen atoms in total. The number of rotatable bonds is 7. The monoisotopic (exact) mass is 241 g/mol. The van der Waals surface area contributed by atoms with Crippen LogP contribution in [0.1, 0.15) is 51.9 Å². The Labute approximate surface area is 105 Å². The molecule has 100 valence electrons. The van der Waals surface area contributed by atoms with Gasteiger partial charge < -0.3 is 15.8 Å². The van der Waals surface area contributed by atoms with Crippen molar-refractivity contribution in [3.8, 4) is 0 Å². The van der Waals surface area contributed by atoms with Gasteiger partial charge in [0.25, 0.3) is 0 Å². The van der Waals surface area contributed by atoms with E-state index in [1.165, 1.54) is 45.2 Å². The summed E-state index contributed by atoms with van der Waals surface area (Å²) in [6.45, 7) is 5.54. The molecular formula is C13H27N3O. The van der Waals surface area contributed by atoms with Crippen molar-refractivity contribution in [1.82, 2.24) is 4.90 Å². The van der Waals surface area contributed by atoms with Crippen LogP contribution in [0.2, 0.25) is 0 Å². The first kappa shape index (κ1) is 14.3. The minimum absolute atomic E-state index is 0.254. The summed E-state index contributed by atoms with van der Waals surface area (Å²) in [4.78, 5) is 2.46. The van der Waals surface area contributed by atoms with E-state index in [4.69, 9.17) is 10.9 Å². The van der Waals surface area contributed by atoms with Crippen LogP contribution in [0.4, 0.5) is 0 Å². The Hall–Kier alpha value is -0.770. The van der Waals surface area contributed by atoms with Crippen LogP contribution in [0, 0.1) is 5.92 Å². The quantitative estimate of drug-likeness (QED) is 0.236. The lowest BCUT2D eigenvalue weighted by molar-refractivity contribution is 0.196. The molecule has 1 aliphatic heterocycles. The first-order chi connectivity index (χ1) is 8.27. The summed E-state index contributed by atoms with van der Waals surface area (Å²) < 4.78 is 0. The SMILES string of the molecule is CCCCCCCN1CCCC(C(N)=NO)C1. The second-order valence-electron chi connectivity index (χ2n) is 5.08. The molecule has 17 heavy (non-hydrogen) atoms. The molecule has 0 saturated carbocycles. The highest BCUT2D eigenvalue weighted by Crippen LogP contribution is 2.17. The highest BCUT2D eigenvalue weighted by atomic mass is 16.4. The normalized spacial score (nSPS) is 22.9. The van der Waals surface area contributed by atoms with E-state index in [0.717, 1.165) is 19.4 Å². The molecule has 1 fully saturated rings. The lowest BCUT2D eigenvalue weighted by Gasteiger charge is -2.31. The van der Waals surface area contributed by atoms with Crippen LogP contribution >= 0.6 is 0 Å². The van der Waals surface area contributed by atoms with Gasteiger partial charge in [-0.2, -0.15) is 0 Å². The van der Waals surface area contributed by atoms with Gasteiger partial charge >= 0.3 is 0 Å². The van der Waals surface area contributed by atoms with Crippen molar-refractivity contribution < 1.29 is 5.21 Å². The van der Waals surface area contributed by atoms with Crippen molar-refractivity contribution in [3.05, 3.63) is 0 Å². The fraction of sp³-hybridized carbons (Fsp3) is 0.923. The number of likely N-dealkylation sites (tertiary alicyclic amines) is 1. The first-order valence-corrected chi connectivity index (χ1v) is 6.97. The third kappa shape index (κ3) is 5.39. The Balaban J connectivity index is 2.16. The van der Waals surface area contributed by atoms with Gasteiger partial charge in [0.15, 0.2) is 0 Å². The maximum absolute atomic E-state index is 8.69. The number of hydrogen-bond donors (Lipinski definition) is 2. The third-order valence-corrected chi connectivity index (χ3v) is 3.62. The van der Waals surface area contributed by atoms with Crippen molar-refractivity contribution >= 4 is 5.84 Å². The van der Waals surface area contributed by atoms with Gasteiger partial charge in [-0.3, -0.25) is 0 Å². The van der Waals surface area contributed by atoms with E-state index >= 15 is 0 Å².